The first-order valence-electron chi connectivity index (χ1n) is 9.71. The Morgan fingerprint density at radius 3 is 2.75 bits per heavy atom. The van der Waals surface area contributed by atoms with Gasteiger partial charge in [0.15, 0.2) is 0 Å². The number of imidazole rings is 1. The number of carbonyl (C=O) groups is 2. The Labute approximate surface area is 163 Å². The van der Waals surface area contributed by atoms with Crippen molar-refractivity contribution in [3.63, 3.8) is 0 Å². The van der Waals surface area contributed by atoms with E-state index in [0.717, 1.165) is 40.6 Å². The minimum absolute atomic E-state index is 0.0667. The lowest BCUT2D eigenvalue weighted by Gasteiger charge is -2.25. The van der Waals surface area contributed by atoms with Gasteiger partial charge >= 0.3 is 5.69 Å². The molecule has 2 amide bonds. The van der Waals surface area contributed by atoms with E-state index >= 15 is 0 Å². The minimum atomic E-state index is -0.551. The smallest absolute Gasteiger partial charge is 0.326 e. The molecule has 1 aromatic heterocycles. The molecule has 2 aromatic rings. The average Bonchev–Trinajstić information content (AvgIpc) is 3.24. The van der Waals surface area contributed by atoms with E-state index in [2.05, 4.69) is 4.98 Å². The fourth-order valence-corrected chi connectivity index (χ4v) is 3.92. The van der Waals surface area contributed by atoms with Crippen molar-refractivity contribution < 1.29 is 14.3 Å². The molecule has 0 saturated carbocycles. The Balaban J connectivity index is 1.96. The van der Waals surface area contributed by atoms with Crippen molar-refractivity contribution in [2.75, 3.05) is 19.7 Å². The third kappa shape index (κ3) is 3.96. The Kier molecular flexibility index (Phi) is 5.88. The Hall–Kier alpha value is -2.61. The standard InChI is InChI=1S/C20H28N4O4/c1-4-24-19-15(13(3)12(2)8-16(19)22-20(24)27)9-18(26)23(11-17(21)25)10-14-6-5-7-28-14/h8,14H,4-7,9-11H2,1-3H3,(H2,21,25)(H,22,27). The number of nitrogens with zero attached hydrogens (tertiary/aromatic N) is 2. The molecule has 1 fully saturated rings. The lowest BCUT2D eigenvalue weighted by Crippen LogP contribution is -2.43. The minimum Gasteiger partial charge on any atom is -0.376 e. The van der Waals surface area contributed by atoms with Crippen molar-refractivity contribution >= 4 is 22.8 Å². The van der Waals surface area contributed by atoms with Crippen LogP contribution in [0.25, 0.3) is 11.0 Å². The van der Waals surface area contributed by atoms with Crippen LogP contribution in [0.4, 0.5) is 0 Å². The van der Waals surface area contributed by atoms with Gasteiger partial charge in [-0.1, -0.05) is 0 Å². The zero-order valence-corrected chi connectivity index (χ0v) is 16.7. The number of H-pyrrole nitrogens is 1. The third-order valence-corrected chi connectivity index (χ3v) is 5.49. The predicted molar refractivity (Wildman–Crippen MR) is 106 cm³/mol. The number of rotatable bonds is 7. The van der Waals surface area contributed by atoms with Crippen LogP contribution in [-0.4, -0.2) is 52.1 Å². The van der Waals surface area contributed by atoms with Crippen LogP contribution in [0.1, 0.15) is 36.5 Å². The maximum atomic E-state index is 13.1. The lowest BCUT2D eigenvalue weighted by molar-refractivity contribution is -0.136. The molecule has 3 rings (SSSR count). The van der Waals surface area contributed by atoms with E-state index in [0.29, 0.717) is 19.7 Å². The van der Waals surface area contributed by atoms with Crippen LogP contribution in [0.2, 0.25) is 0 Å². The first kappa shape index (κ1) is 20.1. The number of nitrogens with one attached hydrogen (secondary N) is 1. The first-order chi connectivity index (χ1) is 13.3. The molecule has 1 aliphatic rings. The predicted octanol–water partition coefficient (Wildman–Crippen LogP) is 1.00. The van der Waals surface area contributed by atoms with Crippen LogP contribution in [0.3, 0.4) is 0 Å². The highest BCUT2D eigenvalue weighted by molar-refractivity contribution is 5.90. The SMILES string of the molecule is CCn1c(=O)[nH]c2cc(C)c(C)c(CC(=O)N(CC(N)=O)CC3CCCO3)c21. The number of aromatic nitrogens is 2. The summed E-state index contributed by atoms with van der Waals surface area (Å²) in [6.07, 6.45) is 1.85. The second-order valence-corrected chi connectivity index (χ2v) is 7.42. The summed E-state index contributed by atoms with van der Waals surface area (Å²) in [5.74, 6) is -0.745. The second kappa shape index (κ2) is 8.18. The molecular weight excluding hydrogens is 360 g/mol. The molecule has 0 radical (unpaired) electrons. The van der Waals surface area contributed by atoms with Crippen LogP contribution in [0.15, 0.2) is 10.9 Å². The molecule has 3 N–H and O–H groups in total. The number of carbonyl (C=O) groups excluding carboxylic acids is 2. The number of hydrogen-bond donors (Lipinski definition) is 2. The average molecular weight is 388 g/mol. The summed E-state index contributed by atoms with van der Waals surface area (Å²) in [6.45, 7) is 7.19. The van der Waals surface area contributed by atoms with Crippen molar-refractivity contribution in [2.24, 2.45) is 5.73 Å². The number of aromatic amines is 1. The van der Waals surface area contributed by atoms with Gasteiger partial charge in [0.25, 0.3) is 0 Å². The highest BCUT2D eigenvalue weighted by atomic mass is 16.5. The van der Waals surface area contributed by atoms with E-state index in [1.54, 1.807) is 4.57 Å². The molecule has 152 valence electrons. The maximum absolute atomic E-state index is 13.1. The molecule has 0 spiro atoms. The summed E-state index contributed by atoms with van der Waals surface area (Å²) < 4.78 is 7.26. The monoisotopic (exact) mass is 388 g/mol. The van der Waals surface area contributed by atoms with Gasteiger partial charge < -0.3 is 20.4 Å². The largest absolute Gasteiger partial charge is 0.376 e. The zero-order valence-electron chi connectivity index (χ0n) is 16.7. The highest BCUT2D eigenvalue weighted by Gasteiger charge is 2.25. The molecule has 0 bridgehead atoms. The Morgan fingerprint density at radius 1 is 1.39 bits per heavy atom. The Morgan fingerprint density at radius 2 is 2.14 bits per heavy atom. The van der Waals surface area contributed by atoms with E-state index in [9.17, 15) is 14.4 Å². The van der Waals surface area contributed by atoms with Gasteiger partial charge in [-0.05, 0) is 56.4 Å². The summed E-state index contributed by atoms with van der Waals surface area (Å²) in [6, 6.07) is 1.93. The molecule has 1 saturated heterocycles. The molecule has 28 heavy (non-hydrogen) atoms. The number of amides is 2. The van der Waals surface area contributed by atoms with Gasteiger partial charge in [-0.15, -0.1) is 0 Å². The second-order valence-electron chi connectivity index (χ2n) is 7.42. The molecule has 0 aliphatic carbocycles. The lowest BCUT2D eigenvalue weighted by atomic mass is 9.98. The van der Waals surface area contributed by atoms with Gasteiger partial charge in [0.2, 0.25) is 11.8 Å². The zero-order chi connectivity index (χ0) is 20.4. The summed E-state index contributed by atoms with van der Waals surface area (Å²) in [7, 11) is 0. The quantitative estimate of drug-likeness (QED) is 0.737. The van der Waals surface area contributed by atoms with Crippen LogP contribution in [-0.2, 0) is 27.3 Å². The molecule has 1 atom stereocenters. The van der Waals surface area contributed by atoms with E-state index in [1.807, 2.05) is 26.8 Å². The molecule has 2 heterocycles. The Bertz CT molecular complexity index is 953. The van der Waals surface area contributed by atoms with Crippen molar-refractivity contribution in [1.82, 2.24) is 14.5 Å². The number of primary amides is 1. The number of aryl methyl sites for hydroxylation is 2. The van der Waals surface area contributed by atoms with Crippen molar-refractivity contribution in [1.29, 1.82) is 0 Å². The maximum Gasteiger partial charge on any atom is 0.326 e. The van der Waals surface area contributed by atoms with Gasteiger partial charge in [-0.3, -0.25) is 14.2 Å². The number of benzene rings is 1. The van der Waals surface area contributed by atoms with Gasteiger partial charge in [-0.2, -0.15) is 0 Å². The highest BCUT2D eigenvalue weighted by Crippen LogP contribution is 2.25. The van der Waals surface area contributed by atoms with Gasteiger partial charge in [-0.25, -0.2) is 4.79 Å². The van der Waals surface area contributed by atoms with E-state index < -0.39 is 5.91 Å². The van der Waals surface area contributed by atoms with Gasteiger partial charge in [0.05, 0.1) is 30.1 Å². The summed E-state index contributed by atoms with van der Waals surface area (Å²) in [4.78, 5) is 41.3. The number of nitrogens with two attached hydrogens (primary N) is 1. The molecule has 1 aromatic carbocycles. The molecule has 8 nitrogen and oxygen atoms in total. The van der Waals surface area contributed by atoms with Gasteiger partial charge in [0.1, 0.15) is 0 Å². The van der Waals surface area contributed by atoms with Crippen LogP contribution >= 0.6 is 0 Å². The molecular formula is C20H28N4O4. The topological polar surface area (TPSA) is 110 Å². The van der Waals surface area contributed by atoms with Crippen molar-refractivity contribution in [3.8, 4) is 0 Å². The van der Waals surface area contributed by atoms with Crippen LogP contribution in [0, 0.1) is 13.8 Å². The number of ether oxygens (including phenoxy) is 1. The molecule has 1 aliphatic heterocycles. The molecule has 8 heteroatoms. The summed E-state index contributed by atoms with van der Waals surface area (Å²) in [5, 5.41) is 0. The van der Waals surface area contributed by atoms with Crippen LogP contribution in [0.5, 0.6) is 0 Å². The van der Waals surface area contributed by atoms with Crippen molar-refractivity contribution in [2.45, 2.75) is 52.7 Å². The fourth-order valence-electron chi connectivity index (χ4n) is 3.92. The summed E-state index contributed by atoms with van der Waals surface area (Å²) in [5.41, 5.74) is 9.43. The van der Waals surface area contributed by atoms with E-state index in [4.69, 9.17) is 10.5 Å². The fraction of sp³-hybridized carbons (Fsp3) is 0.550. The normalized spacial score (nSPS) is 16.6. The number of hydrogen-bond acceptors (Lipinski definition) is 4. The van der Waals surface area contributed by atoms with E-state index in [-0.39, 0.29) is 30.7 Å². The third-order valence-electron chi connectivity index (χ3n) is 5.49. The van der Waals surface area contributed by atoms with E-state index in [1.165, 1.54) is 4.90 Å². The summed E-state index contributed by atoms with van der Waals surface area (Å²) >= 11 is 0. The van der Waals surface area contributed by atoms with Crippen molar-refractivity contribution in [3.05, 3.63) is 33.2 Å². The number of fused-ring (bicyclic) bond motifs is 1. The first-order valence-corrected chi connectivity index (χ1v) is 9.71. The van der Waals surface area contributed by atoms with Gasteiger partial charge in [0, 0.05) is 19.7 Å². The van der Waals surface area contributed by atoms with Crippen LogP contribution < -0.4 is 11.4 Å². The molecule has 1 unspecified atom stereocenters.